The zero-order valence-corrected chi connectivity index (χ0v) is 7.85. The summed E-state index contributed by atoms with van der Waals surface area (Å²) >= 11 is 5.50. The molecule has 0 unspecified atom stereocenters. The van der Waals surface area contributed by atoms with Crippen molar-refractivity contribution in [1.82, 2.24) is 9.71 Å². The van der Waals surface area contributed by atoms with Gasteiger partial charge in [-0.25, -0.2) is 18.1 Å². The lowest BCUT2D eigenvalue weighted by Gasteiger charge is -1.99. The van der Waals surface area contributed by atoms with E-state index in [2.05, 4.69) is 9.71 Å². The maximum absolute atomic E-state index is 11.1. The average molecular weight is 207 g/mol. The van der Waals surface area contributed by atoms with Crippen LogP contribution < -0.4 is 4.72 Å². The van der Waals surface area contributed by atoms with Gasteiger partial charge in [0.1, 0.15) is 5.15 Å². The summed E-state index contributed by atoms with van der Waals surface area (Å²) in [5.41, 5.74) is 0. The van der Waals surface area contributed by atoms with Gasteiger partial charge in [0.25, 0.3) is 10.0 Å². The molecule has 0 spiro atoms. The topological polar surface area (TPSA) is 59.1 Å². The maximum Gasteiger partial charge on any atom is 0.257 e. The summed E-state index contributed by atoms with van der Waals surface area (Å²) in [6, 6.07) is 4.41. The van der Waals surface area contributed by atoms with Crippen LogP contribution in [0, 0.1) is 0 Å². The minimum Gasteiger partial charge on any atom is -0.223 e. The number of pyridine rings is 1. The summed E-state index contributed by atoms with van der Waals surface area (Å²) in [5, 5.41) is 0.0869. The lowest BCUT2D eigenvalue weighted by molar-refractivity contribution is 0.584. The molecule has 0 atom stereocenters. The second-order valence-electron chi connectivity index (χ2n) is 2.01. The van der Waals surface area contributed by atoms with Gasteiger partial charge in [0.15, 0.2) is 5.03 Å². The molecule has 0 aromatic carbocycles. The van der Waals surface area contributed by atoms with Crippen molar-refractivity contribution in [3.8, 4) is 0 Å². The van der Waals surface area contributed by atoms with Gasteiger partial charge in [-0.15, -0.1) is 0 Å². The van der Waals surface area contributed by atoms with E-state index in [4.69, 9.17) is 11.6 Å². The molecular weight excluding hydrogens is 200 g/mol. The first-order valence-electron chi connectivity index (χ1n) is 3.12. The standard InChI is InChI=1S/C6H7ClN2O2S/c1-8-12(10,11)6-4-2-3-5(7)9-6/h2-4,8H,1H3. The SMILES string of the molecule is CNS(=O)(=O)c1cccc(Cl)n1. The Morgan fingerprint density at radius 2 is 2.17 bits per heavy atom. The third-order valence-electron chi connectivity index (χ3n) is 1.23. The molecule has 0 radical (unpaired) electrons. The van der Waals surface area contributed by atoms with Crippen molar-refractivity contribution in [1.29, 1.82) is 0 Å². The fourth-order valence-electron chi connectivity index (χ4n) is 0.644. The van der Waals surface area contributed by atoms with Crippen LogP contribution in [0.1, 0.15) is 0 Å². The molecule has 1 aromatic rings. The van der Waals surface area contributed by atoms with Gasteiger partial charge in [-0.2, -0.15) is 0 Å². The predicted octanol–water partition coefficient (Wildman–Crippen LogP) is 0.643. The Kier molecular flexibility index (Phi) is 2.66. The predicted molar refractivity (Wildman–Crippen MR) is 45.5 cm³/mol. The largest absolute Gasteiger partial charge is 0.257 e. The number of hydrogen-bond donors (Lipinski definition) is 1. The summed E-state index contributed by atoms with van der Waals surface area (Å²) in [5.74, 6) is 0. The average Bonchev–Trinajstić information content (AvgIpc) is 2.05. The van der Waals surface area contributed by atoms with Crippen molar-refractivity contribution in [2.45, 2.75) is 5.03 Å². The molecule has 0 bridgehead atoms. The molecule has 0 aliphatic heterocycles. The first-order valence-corrected chi connectivity index (χ1v) is 4.98. The zero-order valence-electron chi connectivity index (χ0n) is 6.28. The summed E-state index contributed by atoms with van der Waals surface area (Å²) in [4.78, 5) is 3.63. The highest BCUT2D eigenvalue weighted by atomic mass is 35.5. The fourth-order valence-corrected chi connectivity index (χ4v) is 1.54. The van der Waals surface area contributed by atoms with Crippen LogP contribution in [0.2, 0.25) is 5.15 Å². The van der Waals surface area contributed by atoms with Gasteiger partial charge in [0.2, 0.25) is 0 Å². The summed E-state index contributed by atoms with van der Waals surface area (Å²) in [6.45, 7) is 0. The number of nitrogens with zero attached hydrogens (tertiary/aromatic N) is 1. The summed E-state index contributed by atoms with van der Waals surface area (Å²) in [7, 11) is -2.15. The molecular formula is C6H7ClN2O2S. The fraction of sp³-hybridized carbons (Fsp3) is 0.167. The maximum atomic E-state index is 11.1. The number of sulfonamides is 1. The van der Waals surface area contributed by atoms with Crippen LogP contribution in [-0.4, -0.2) is 20.4 Å². The Labute approximate surface area is 75.6 Å². The molecule has 66 valence electrons. The second-order valence-corrected chi connectivity index (χ2v) is 4.23. The Morgan fingerprint density at radius 1 is 1.50 bits per heavy atom. The van der Waals surface area contributed by atoms with Gasteiger partial charge < -0.3 is 0 Å². The molecule has 4 nitrogen and oxygen atoms in total. The van der Waals surface area contributed by atoms with Gasteiger partial charge in [0.05, 0.1) is 0 Å². The molecule has 6 heteroatoms. The van der Waals surface area contributed by atoms with Crippen LogP contribution in [0.15, 0.2) is 23.2 Å². The van der Waals surface area contributed by atoms with E-state index in [1.54, 1.807) is 0 Å². The quantitative estimate of drug-likeness (QED) is 0.723. The first kappa shape index (κ1) is 9.44. The lowest BCUT2D eigenvalue weighted by atomic mass is 10.5. The third-order valence-corrected chi connectivity index (χ3v) is 2.76. The molecule has 0 saturated carbocycles. The van der Waals surface area contributed by atoms with E-state index in [9.17, 15) is 8.42 Å². The molecule has 0 aliphatic carbocycles. The molecule has 0 aliphatic rings. The highest BCUT2D eigenvalue weighted by Crippen LogP contribution is 2.09. The lowest BCUT2D eigenvalue weighted by Crippen LogP contribution is -2.19. The normalized spacial score (nSPS) is 11.5. The zero-order chi connectivity index (χ0) is 9.19. The third kappa shape index (κ3) is 1.94. The summed E-state index contributed by atoms with van der Waals surface area (Å²) < 4.78 is 24.4. The van der Waals surface area contributed by atoms with E-state index >= 15 is 0 Å². The van der Waals surface area contributed by atoms with Crippen LogP contribution in [-0.2, 0) is 10.0 Å². The van der Waals surface area contributed by atoms with Crippen LogP contribution in [0.3, 0.4) is 0 Å². The molecule has 1 rings (SSSR count). The van der Waals surface area contributed by atoms with Crippen LogP contribution >= 0.6 is 11.6 Å². The van der Waals surface area contributed by atoms with E-state index in [0.29, 0.717) is 0 Å². The van der Waals surface area contributed by atoms with Crippen LogP contribution in [0.4, 0.5) is 0 Å². The van der Waals surface area contributed by atoms with Crippen molar-refractivity contribution in [3.63, 3.8) is 0 Å². The molecule has 12 heavy (non-hydrogen) atoms. The van der Waals surface area contributed by atoms with E-state index in [1.165, 1.54) is 25.2 Å². The molecule has 1 N–H and O–H groups in total. The number of nitrogens with one attached hydrogen (secondary N) is 1. The molecule has 0 amide bonds. The minimum absolute atomic E-state index is 0.0718. The number of hydrogen-bond acceptors (Lipinski definition) is 3. The summed E-state index contributed by atoms with van der Waals surface area (Å²) in [6.07, 6.45) is 0. The van der Waals surface area contributed by atoms with Crippen molar-refractivity contribution >= 4 is 21.6 Å². The number of rotatable bonds is 2. The van der Waals surface area contributed by atoms with Crippen molar-refractivity contribution in [3.05, 3.63) is 23.4 Å². The van der Waals surface area contributed by atoms with Crippen LogP contribution in [0.5, 0.6) is 0 Å². The van der Waals surface area contributed by atoms with E-state index in [1.807, 2.05) is 0 Å². The van der Waals surface area contributed by atoms with Gasteiger partial charge in [-0.1, -0.05) is 17.7 Å². The molecule has 1 aromatic heterocycles. The molecule has 0 fully saturated rings. The van der Waals surface area contributed by atoms with E-state index < -0.39 is 10.0 Å². The smallest absolute Gasteiger partial charge is 0.223 e. The number of halogens is 1. The van der Waals surface area contributed by atoms with Crippen molar-refractivity contribution < 1.29 is 8.42 Å². The molecule has 0 saturated heterocycles. The Balaban J connectivity index is 3.21. The highest BCUT2D eigenvalue weighted by molar-refractivity contribution is 7.89. The monoisotopic (exact) mass is 206 g/mol. The van der Waals surface area contributed by atoms with E-state index in [-0.39, 0.29) is 10.2 Å². The van der Waals surface area contributed by atoms with Crippen molar-refractivity contribution in [2.75, 3.05) is 7.05 Å². The molecule has 1 heterocycles. The van der Waals surface area contributed by atoms with Crippen molar-refractivity contribution in [2.24, 2.45) is 0 Å². The minimum atomic E-state index is -3.47. The Hall–Kier alpha value is -0.650. The Morgan fingerprint density at radius 3 is 2.67 bits per heavy atom. The highest BCUT2D eigenvalue weighted by Gasteiger charge is 2.12. The second kappa shape index (κ2) is 3.38. The van der Waals surface area contributed by atoms with Gasteiger partial charge in [0, 0.05) is 0 Å². The first-order chi connectivity index (χ1) is 5.56. The van der Waals surface area contributed by atoms with Crippen LogP contribution in [0.25, 0.3) is 0 Å². The van der Waals surface area contributed by atoms with E-state index in [0.717, 1.165) is 0 Å². The van der Waals surface area contributed by atoms with Gasteiger partial charge in [-0.3, -0.25) is 0 Å². The Bertz CT molecular complexity index is 377. The number of aromatic nitrogens is 1. The van der Waals surface area contributed by atoms with Gasteiger partial charge >= 0.3 is 0 Å². The van der Waals surface area contributed by atoms with Gasteiger partial charge in [-0.05, 0) is 19.2 Å².